The second-order valence-corrected chi connectivity index (χ2v) is 11.5. The molecular formula is C31H42BN7O8. The lowest BCUT2D eigenvalue weighted by Crippen LogP contribution is -2.58. The molecule has 4 atom stereocenters. The van der Waals surface area contributed by atoms with E-state index in [1.54, 1.807) is 31.3 Å². The van der Waals surface area contributed by atoms with Crippen molar-refractivity contribution in [1.29, 1.82) is 0 Å². The zero-order valence-electron chi connectivity index (χ0n) is 26.5. The van der Waals surface area contributed by atoms with Crippen LogP contribution in [0.1, 0.15) is 69.2 Å². The number of benzene rings is 1. The number of hydrogen-bond acceptors (Lipinski definition) is 8. The molecule has 1 aliphatic carbocycles. The van der Waals surface area contributed by atoms with Crippen LogP contribution in [0.3, 0.4) is 0 Å². The second-order valence-electron chi connectivity index (χ2n) is 11.5. The minimum Gasteiger partial charge on any atom is -0.479 e. The summed E-state index contributed by atoms with van der Waals surface area (Å²) in [5.74, 6) is -6.08. The second kappa shape index (κ2) is 18.2. The Morgan fingerprint density at radius 2 is 1.62 bits per heavy atom. The summed E-state index contributed by atoms with van der Waals surface area (Å²) in [6, 6.07) is 3.27. The Bertz CT molecular complexity index is 1400. The molecule has 1 fully saturated rings. The van der Waals surface area contributed by atoms with Gasteiger partial charge in [-0.1, -0.05) is 62.9 Å². The number of carboxylic acid groups (broad SMARTS) is 1. The third-order valence-corrected chi connectivity index (χ3v) is 7.89. The molecule has 0 spiro atoms. The first-order valence-electron chi connectivity index (χ1n) is 15.7. The maximum Gasteiger partial charge on any atom is 0.330 e. The standard InChI is InChI=1S/C31H42BN7O8/c1-2-9-21(26(41)29(44)34-16-23(40)38-25(30(45)46)19-12-7-4-8-13-19)36-27(42)22(14-20-15-33-17-35-20)37-28(43)24(39-31(32)47)18-10-5-3-6-11-18/h4,7-8,12-13,15,17-18,21-22,24-25H,2-3,5-6,9-11,14,16,32H2,1H3,(H,33,35)(H,34,44)(H,36,42)(H,37,43)(H,38,40)(H,39,47)(H,45,46)/t21?,22-,24-,25-/m0/s1. The Morgan fingerprint density at radius 1 is 0.936 bits per heavy atom. The van der Waals surface area contributed by atoms with Crippen molar-refractivity contribution in [3.05, 3.63) is 54.1 Å². The summed E-state index contributed by atoms with van der Waals surface area (Å²) in [4.78, 5) is 96.0. The van der Waals surface area contributed by atoms with Gasteiger partial charge in [0, 0.05) is 12.6 Å². The number of amides is 5. The summed E-state index contributed by atoms with van der Waals surface area (Å²) in [5, 5.41) is 22.0. The molecule has 7 N–H and O–H groups in total. The molecule has 0 bridgehead atoms. The topological polar surface area (TPSA) is 229 Å². The summed E-state index contributed by atoms with van der Waals surface area (Å²) in [6.07, 6.45) is 7.79. The van der Waals surface area contributed by atoms with Crippen LogP contribution in [0.2, 0.25) is 0 Å². The zero-order valence-corrected chi connectivity index (χ0v) is 26.5. The van der Waals surface area contributed by atoms with Crippen LogP contribution < -0.4 is 26.6 Å². The predicted molar refractivity (Wildman–Crippen MR) is 171 cm³/mol. The van der Waals surface area contributed by atoms with Crippen molar-refractivity contribution in [1.82, 2.24) is 36.6 Å². The van der Waals surface area contributed by atoms with Gasteiger partial charge in [-0.05, 0) is 30.7 Å². The lowest BCUT2D eigenvalue weighted by atomic mass is 9.83. The van der Waals surface area contributed by atoms with Gasteiger partial charge in [-0.15, -0.1) is 0 Å². The molecule has 1 unspecified atom stereocenters. The van der Waals surface area contributed by atoms with Crippen molar-refractivity contribution in [3.8, 4) is 0 Å². The number of carboxylic acids is 1. The van der Waals surface area contributed by atoms with E-state index < -0.39 is 66.1 Å². The van der Waals surface area contributed by atoms with Crippen LogP contribution in [-0.2, 0) is 35.2 Å². The van der Waals surface area contributed by atoms with Gasteiger partial charge >= 0.3 is 5.97 Å². The third-order valence-electron chi connectivity index (χ3n) is 7.89. The van der Waals surface area contributed by atoms with Crippen LogP contribution in [0.25, 0.3) is 0 Å². The molecule has 16 heteroatoms. The number of hydrogen-bond donors (Lipinski definition) is 7. The molecule has 47 heavy (non-hydrogen) atoms. The minimum atomic E-state index is -1.37. The highest BCUT2D eigenvalue weighted by Crippen LogP contribution is 2.27. The first kappa shape index (κ1) is 36.5. The van der Waals surface area contributed by atoms with E-state index in [0.717, 1.165) is 32.1 Å². The van der Waals surface area contributed by atoms with E-state index >= 15 is 0 Å². The summed E-state index contributed by atoms with van der Waals surface area (Å²) < 4.78 is 0. The van der Waals surface area contributed by atoms with Crippen molar-refractivity contribution >= 4 is 49.0 Å². The van der Waals surface area contributed by atoms with Crippen LogP contribution >= 0.6 is 0 Å². The summed E-state index contributed by atoms with van der Waals surface area (Å²) in [7, 11) is 1.32. The SMILES string of the molecule is BC(=O)N[C@H](C(=O)N[C@@H](Cc1c[nH]cn1)C(=O)NC(CCC)C(=O)C(=O)NCC(=O)N[C@H](C(=O)O)c1ccccc1)C1CCCCC1. The number of imidazole rings is 1. The minimum absolute atomic E-state index is 0.0376. The number of aromatic nitrogens is 2. The van der Waals surface area contributed by atoms with Gasteiger partial charge in [0.25, 0.3) is 5.91 Å². The average Bonchev–Trinajstić information content (AvgIpc) is 3.57. The summed E-state index contributed by atoms with van der Waals surface area (Å²) >= 11 is 0. The van der Waals surface area contributed by atoms with Crippen LogP contribution in [0, 0.1) is 5.92 Å². The van der Waals surface area contributed by atoms with Crippen LogP contribution in [0.5, 0.6) is 0 Å². The molecule has 1 heterocycles. The number of aromatic amines is 1. The molecule has 252 valence electrons. The highest BCUT2D eigenvalue weighted by atomic mass is 16.4. The molecule has 15 nitrogen and oxygen atoms in total. The van der Waals surface area contributed by atoms with Gasteiger partial charge in [0.15, 0.2) is 11.8 Å². The molecular weight excluding hydrogens is 609 g/mol. The Hall–Kier alpha value is -5.02. The number of nitrogens with one attached hydrogen (secondary N) is 6. The fourth-order valence-electron chi connectivity index (χ4n) is 5.55. The Morgan fingerprint density at radius 3 is 2.21 bits per heavy atom. The van der Waals surface area contributed by atoms with Crippen LogP contribution in [-0.4, -0.2) is 88.8 Å². The number of Topliss-reactive ketones (excluding diaryl/α,β-unsaturated/α-hetero) is 1. The molecule has 3 rings (SSSR count). The predicted octanol–water partition coefficient (Wildman–Crippen LogP) is -0.359. The summed E-state index contributed by atoms with van der Waals surface area (Å²) in [6.45, 7) is 1.07. The number of ketones is 1. The number of carbonyl (C=O) groups excluding carboxylic acids is 6. The molecule has 1 aliphatic rings. The third kappa shape index (κ3) is 11.4. The van der Waals surface area contributed by atoms with Crippen LogP contribution in [0.4, 0.5) is 4.79 Å². The normalized spacial score (nSPS) is 15.6. The smallest absolute Gasteiger partial charge is 0.330 e. The Balaban J connectivity index is 1.67. The Labute approximate surface area is 273 Å². The maximum atomic E-state index is 13.6. The number of rotatable bonds is 17. The molecule has 1 aromatic heterocycles. The van der Waals surface area contributed by atoms with Gasteiger partial charge in [-0.25, -0.2) is 9.78 Å². The van der Waals surface area contributed by atoms with Crippen molar-refractivity contribution in [2.24, 2.45) is 5.92 Å². The molecule has 1 saturated carbocycles. The van der Waals surface area contributed by atoms with Crippen LogP contribution in [0.15, 0.2) is 42.9 Å². The average molecular weight is 652 g/mol. The quantitative estimate of drug-likeness (QED) is 0.0874. The van der Waals surface area contributed by atoms with Crippen molar-refractivity contribution in [2.45, 2.75) is 82.5 Å². The van der Waals surface area contributed by atoms with E-state index in [0.29, 0.717) is 17.7 Å². The fraction of sp³-hybridized carbons (Fsp3) is 0.484. The van der Waals surface area contributed by atoms with E-state index in [-0.39, 0.29) is 24.6 Å². The number of carbonyl (C=O) groups is 7. The van der Waals surface area contributed by atoms with Gasteiger partial charge < -0.3 is 36.7 Å². The first-order chi connectivity index (χ1) is 22.5. The lowest BCUT2D eigenvalue weighted by molar-refractivity contribution is -0.142. The molecule has 0 saturated heterocycles. The number of H-pyrrole nitrogens is 1. The van der Waals surface area contributed by atoms with Crippen molar-refractivity contribution in [2.75, 3.05) is 6.54 Å². The van der Waals surface area contributed by atoms with E-state index in [9.17, 15) is 38.7 Å². The van der Waals surface area contributed by atoms with Gasteiger partial charge in [0.2, 0.25) is 31.4 Å². The largest absolute Gasteiger partial charge is 0.479 e. The Kier molecular flexibility index (Phi) is 14.1. The van der Waals surface area contributed by atoms with Gasteiger partial charge in [0.05, 0.1) is 24.6 Å². The van der Waals surface area contributed by atoms with E-state index in [4.69, 9.17) is 0 Å². The molecule has 1 aromatic carbocycles. The fourth-order valence-corrected chi connectivity index (χ4v) is 5.55. The molecule has 0 aliphatic heterocycles. The number of nitrogens with zero attached hydrogens (tertiary/aromatic N) is 1. The van der Waals surface area contributed by atoms with Crippen molar-refractivity contribution < 1.29 is 38.7 Å². The van der Waals surface area contributed by atoms with Gasteiger partial charge in [-0.2, -0.15) is 0 Å². The first-order valence-corrected chi connectivity index (χ1v) is 15.7. The van der Waals surface area contributed by atoms with Crippen molar-refractivity contribution in [3.63, 3.8) is 0 Å². The summed E-state index contributed by atoms with van der Waals surface area (Å²) in [5.41, 5.74) is 0.775. The highest BCUT2D eigenvalue weighted by molar-refractivity contribution is 6.57. The van der Waals surface area contributed by atoms with Gasteiger partial charge in [0.1, 0.15) is 12.1 Å². The lowest BCUT2D eigenvalue weighted by Gasteiger charge is -2.31. The molecule has 2 aromatic rings. The highest BCUT2D eigenvalue weighted by Gasteiger charge is 2.35. The molecule has 0 radical (unpaired) electrons. The molecule has 5 amide bonds. The zero-order chi connectivity index (χ0) is 34.3. The monoisotopic (exact) mass is 651 g/mol. The van der Waals surface area contributed by atoms with Gasteiger partial charge in [-0.3, -0.25) is 28.8 Å². The number of aliphatic carboxylic acids is 1. The van der Waals surface area contributed by atoms with E-state index in [1.807, 2.05) is 0 Å². The van der Waals surface area contributed by atoms with E-state index in [2.05, 4.69) is 36.6 Å². The maximum absolute atomic E-state index is 13.6. The van der Waals surface area contributed by atoms with E-state index in [1.165, 1.54) is 26.3 Å².